The van der Waals surface area contributed by atoms with Gasteiger partial charge < -0.3 is 9.64 Å². The van der Waals surface area contributed by atoms with Crippen LogP contribution < -0.4 is 9.64 Å². The molecule has 0 radical (unpaired) electrons. The summed E-state index contributed by atoms with van der Waals surface area (Å²) >= 11 is 0. The van der Waals surface area contributed by atoms with Gasteiger partial charge in [-0.25, -0.2) is 26.3 Å². The lowest BCUT2D eigenvalue weighted by atomic mass is 10.0. The maximum Gasteiger partial charge on any atom is 0.416 e. The molecule has 5 aromatic heterocycles. The van der Waals surface area contributed by atoms with Gasteiger partial charge in [-0.2, -0.15) is 26.3 Å². The van der Waals surface area contributed by atoms with Crippen LogP contribution in [0.2, 0.25) is 0 Å². The lowest BCUT2D eigenvalue weighted by Gasteiger charge is -2.13. The monoisotopic (exact) mass is 1090 g/mol. The van der Waals surface area contributed by atoms with Crippen LogP contribution in [0.15, 0.2) is 213 Å². The molecule has 7 nitrogen and oxygen atoms in total. The molecular weight excluding hydrogens is 1050 g/mol. The Hall–Kier alpha value is -9.39. The van der Waals surface area contributed by atoms with E-state index in [-0.39, 0.29) is 22.9 Å². The van der Waals surface area contributed by atoms with Crippen molar-refractivity contribution in [1.29, 1.82) is 0 Å². The number of halogens is 12. The second-order valence-corrected chi connectivity index (χ2v) is 16.6. The molecule has 19 heteroatoms. The largest absolute Gasteiger partial charge is 0.497 e. The third kappa shape index (κ3) is 17.6. The second-order valence-electron chi connectivity index (χ2n) is 16.6. The smallest absolute Gasteiger partial charge is 0.416 e. The van der Waals surface area contributed by atoms with Crippen LogP contribution in [0.1, 0.15) is 11.1 Å². The third-order valence-electron chi connectivity index (χ3n) is 10.8. The number of nitrogens with zero attached hydrogens (tertiary/aromatic N) is 6. The minimum Gasteiger partial charge on any atom is -0.497 e. The molecule has 5 heterocycles. The number of rotatable bonds is 7. The van der Waals surface area contributed by atoms with Gasteiger partial charge in [-0.3, -0.25) is 24.9 Å². The first-order chi connectivity index (χ1) is 37.7. The quantitative estimate of drug-likeness (QED) is 0.147. The minimum atomic E-state index is -4.86. The molecular formula is C60H44F12N6O. The fourth-order valence-corrected chi connectivity index (χ4v) is 6.92. The molecule has 0 bridgehead atoms. The fourth-order valence-electron chi connectivity index (χ4n) is 6.92. The maximum absolute atomic E-state index is 13.6. The molecule has 79 heavy (non-hydrogen) atoms. The van der Waals surface area contributed by atoms with E-state index in [1.807, 2.05) is 67.7 Å². The highest BCUT2D eigenvalue weighted by Crippen LogP contribution is 2.38. The predicted molar refractivity (Wildman–Crippen MR) is 279 cm³/mol. The number of aromatic nitrogens is 5. The third-order valence-corrected chi connectivity index (χ3v) is 10.8. The van der Waals surface area contributed by atoms with Crippen LogP contribution in [-0.4, -0.2) is 46.1 Å². The van der Waals surface area contributed by atoms with Gasteiger partial charge in [0, 0.05) is 103 Å². The molecule has 0 amide bonds. The highest BCUT2D eigenvalue weighted by Gasteiger charge is 2.37. The summed E-state index contributed by atoms with van der Waals surface area (Å²) in [4.78, 5) is 22.0. The summed E-state index contributed by atoms with van der Waals surface area (Å²) in [7, 11) is 5.29. The molecule has 0 fully saturated rings. The summed E-state index contributed by atoms with van der Waals surface area (Å²) in [6, 6.07) is 44.1. The summed E-state index contributed by atoms with van der Waals surface area (Å²) in [6.07, 6.45) is -1.93. The van der Waals surface area contributed by atoms with Gasteiger partial charge in [-0.15, -0.1) is 0 Å². The zero-order chi connectivity index (χ0) is 57.1. The SMILES string of the molecule is CN(C)c1ccnc(-c2ccc(F)cc2F)c1.COc1ccnc(-c2ccc(F)cc2F)c1.FC(F)(F)c1cc(-c2ccccn2)cc(C(F)(F)F)c1.Fc1ccc(-c2ccccn2)c(F)c1.c1ccc(-c2ccccn2)cc1. The van der Waals surface area contributed by atoms with Gasteiger partial charge in [0.05, 0.1) is 46.7 Å². The Labute approximate surface area is 446 Å². The van der Waals surface area contributed by atoms with E-state index >= 15 is 0 Å². The topological polar surface area (TPSA) is 76.9 Å². The van der Waals surface area contributed by atoms with Crippen molar-refractivity contribution in [2.45, 2.75) is 12.4 Å². The Morgan fingerprint density at radius 2 is 0.747 bits per heavy atom. The standard InChI is InChI=1S/C13H7F6N.C13H12F2N2.C12H9F2NO.C11H7F2N.C11H9N/c14-12(15,16)9-5-8(11-3-1-2-4-20-11)6-10(7-9)13(17,18)19;1-17(2)10-5-6-16-13(8-10)11-4-3-9(14)7-12(11)15;1-16-9-4-5-15-12(7-9)10-3-2-8(13)6-11(10)14;12-8-4-5-9(10(13)7-8)11-3-1-2-6-14-11;1-2-6-10(7-3-1)11-8-4-5-9-12-11/h1-7H;3-8H,1-2H3;2-7H,1H3;1-7H;1-9H. The average molecular weight is 1090 g/mol. The van der Waals surface area contributed by atoms with Gasteiger partial charge in [-0.1, -0.05) is 48.5 Å². The molecule has 10 rings (SSSR count). The van der Waals surface area contributed by atoms with Crippen molar-refractivity contribution in [1.82, 2.24) is 24.9 Å². The van der Waals surface area contributed by atoms with Crippen molar-refractivity contribution in [2.24, 2.45) is 0 Å². The molecule has 0 aliphatic heterocycles. The van der Waals surface area contributed by atoms with Crippen molar-refractivity contribution in [3.63, 3.8) is 0 Å². The highest BCUT2D eigenvalue weighted by atomic mass is 19.4. The van der Waals surface area contributed by atoms with E-state index in [0.717, 1.165) is 35.1 Å². The average Bonchev–Trinajstić information content (AvgIpc) is 3.45. The first-order valence-corrected chi connectivity index (χ1v) is 23.3. The summed E-state index contributed by atoms with van der Waals surface area (Å²) in [5, 5.41) is 0. The zero-order valence-corrected chi connectivity index (χ0v) is 41.8. The fraction of sp³-hybridized carbons (Fsp3) is 0.0833. The van der Waals surface area contributed by atoms with Crippen LogP contribution in [0.25, 0.3) is 56.3 Å². The predicted octanol–water partition coefficient (Wildman–Crippen LogP) is 16.7. The summed E-state index contributed by atoms with van der Waals surface area (Å²) < 4.78 is 159. The van der Waals surface area contributed by atoms with Gasteiger partial charge in [0.15, 0.2) is 0 Å². The second kappa shape index (κ2) is 27.6. The van der Waals surface area contributed by atoms with Gasteiger partial charge >= 0.3 is 12.4 Å². The molecule has 10 aromatic rings. The number of pyridine rings is 5. The van der Waals surface area contributed by atoms with Gasteiger partial charge in [-0.05, 0) is 109 Å². The molecule has 0 atom stereocenters. The lowest BCUT2D eigenvalue weighted by Crippen LogP contribution is -2.11. The summed E-state index contributed by atoms with van der Waals surface area (Å²) in [6.45, 7) is 0. The van der Waals surface area contributed by atoms with E-state index in [2.05, 4.69) is 37.1 Å². The molecule has 0 unspecified atom stereocenters. The minimum absolute atomic E-state index is 0.0455. The van der Waals surface area contributed by atoms with Gasteiger partial charge in [0.25, 0.3) is 0 Å². The van der Waals surface area contributed by atoms with Gasteiger partial charge in [0.2, 0.25) is 0 Å². The number of methoxy groups -OCH3 is 1. The molecule has 0 saturated heterocycles. The maximum atomic E-state index is 13.6. The first kappa shape index (κ1) is 58.9. The van der Waals surface area contributed by atoms with Crippen LogP contribution in [0.4, 0.5) is 58.4 Å². The van der Waals surface area contributed by atoms with E-state index in [4.69, 9.17) is 4.74 Å². The molecule has 404 valence electrons. The number of anilines is 1. The van der Waals surface area contributed by atoms with E-state index in [1.165, 1.54) is 74.1 Å². The Morgan fingerprint density at radius 3 is 1.15 bits per heavy atom. The van der Waals surface area contributed by atoms with E-state index in [9.17, 15) is 52.7 Å². The van der Waals surface area contributed by atoms with E-state index in [0.29, 0.717) is 46.1 Å². The number of alkyl halides is 6. The molecule has 0 spiro atoms. The number of hydrogen-bond donors (Lipinski definition) is 0. The van der Waals surface area contributed by atoms with Crippen molar-refractivity contribution < 1.29 is 57.4 Å². The van der Waals surface area contributed by atoms with Crippen LogP contribution in [0.5, 0.6) is 5.75 Å². The van der Waals surface area contributed by atoms with Crippen LogP contribution >= 0.6 is 0 Å². The first-order valence-electron chi connectivity index (χ1n) is 23.3. The molecule has 0 aliphatic carbocycles. The molecule has 0 saturated carbocycles. The Bertz CT molecular complexity index is 3450. The summed E-state index contributed by atoms with van der Waals surface area (Å²) in [5.41, 5.74) is 2.49. The van der Waals surface area contributed by atoms with Crippen molar-refractivity contribution >= 4 is 5.69 Å². The molecule has 0 N–H and O–H groups in total. The Kier molecular flexibility index (Phi) is 20.6. The van der Waals surface area contributed by atoms with Crippen LogP contribution in [-0.2, 0) is 12.4 Å². The summed E-state index contributed by atoms with van der Waals surface area (Å²) in [5.74, 6) is -3.03. The normalized spacial score (nSPS) is 10.7. The van der Waals surface area contributed by atoms with Crippen molar-refractivity contribution in [3.8, 4) is 62.0 Å². The molecule has 0 aliphatic rings. The van der Waals surface area contributed by atoms with Crippen LogP contribution in [0.3, 0.4) is 0 Å². The zero-order valence-electron chi connectivity index (χ0n) is 41.8. The lowest BCUT2D eigenvalue weighted by molar-refractivity contribution is -0.143. The molecule has 5 aromatic carbocycles. The van der Waals surface area contributed by atoms with Crippen LogP contribution in [0, 0.1) is 34.9 Å². The van der Waals surface area contributed by atoms with Crippen molar-refractivity contribution in [3.05, 3.63) is 259 Å². The Balaban J connectivity index is 0.000000161. The Morgan fingerprint density at radius 1 is 0.354 bits per heavy atom. The van der Waals surface area contributed by atoms with E-state index in [1.54, 1.807) is 48.8 Å². The van der Waals surface area contributed by atoms with E-state index < -0.39 is 58.4 Å². The number of ether oxygens (including phenoxy) is 1. The highest BCUT2D eigenvalue weighted by molar-refractivity contribution is 5.66. The van der Waals surface area contributed by atoms with Crippen molar-refractivity contribution in [2.75, 3.05) is 26.1 Å². The number of benzene rings is 5. The number of hydrogen-bond acceptors (Lipinski definition) is 7. The van der Waals surface area contributed by atoms with Gasteiger partial charge in [0.1, 0.15) is 40.7 Å².